The first-order chi connectivity index (χ1) is 15.1. The van der Waals surface area contributed by atoms with Crippen LogP contribution in [0.25, 0.3) is 22.4 Å². The van der Waals surface area contributed by atoms with E-state index in [1.165, 1.54) is 64.8 Å². The van der Waals surface area contributed by atoms with Gasteiger partial charge in [-0.1, -0.05) is 70.9 Å². The summed E-state index contributed by atoms with van der Waals surface area (Å²) in [5.74, 6) is 0.493. The van der Waals surface area contributed by atoms with E-state index >= 15 is 0 Å². The normalized spacial score (nSPS) is 16.6. The van der Waals surface area contributed by atoms with E-state index in [1.807, 2.05) is 0 Å². The third-order valence-electron chi connectivity index (χ3n) is 7.85. The molecule has 0 aliphatic carbocycles. The Morgan fingerprint density at radius 1 is 0.871 bits per heavy atom. The fourth-order valence-electron chi connectivity index (χ4n) is 5.79. The number of fused-ring (bicyclic) bond motifs is 3. The second-order valence-corrected chi connectivity index (χ2v) is 9.40. The van der Waals surface area contributed by atoms with Gasteiger partial charge in [0.1, 0.15) is 0 Å². The van der Waals surface area contributed by atoms with Crippen molar-refractivity contribution < 1.29 is 4.57 Å². The van der Waals surface area contributed by atoms with E-state index in [9.17, 15) is 0 Å². The highest BCUT2D eigenvalue weighted by Crippen LogP contribution is 2.45. The summed E-state index contributed by atoms with van der Waals surface area (Å²) in [5, 5.41) is 0. The third kappa shape index (κ3) is 3.73. The van der Waals surface area contributed by atoms with Crippen LogP contribution in [0.15, 0.2) is 60.8 Å². The van der Waals surface area contributed by atoms with E-state index in [0.717, 1.165) is 12.8 Å². The van der Waals surface area contributed by atoms with Crippen molar-refractivity contribution in [3.63, 3.8) is 0 Å². The number of aromatic nitrogens is 1. The minimum atomic E-state index is 0.153. The van der Waals surface area contributed by atoms with Gasteiger partial charge >= 0.3 is 0 Å². The van der Waals surface area contributed by atoms with Crippen molar-refractivity contribution in [1.29, 1.82) is 0 Å². The second-order valence-electron chi connectivity index (χ2n) is 9.40. The van der Waals surface area contributed by atoms with E-state index in [1.54, 1.807) is 0 Å². The lowest BCUT2D eigenvalue weighted by Gasteiger charge is -2.38. The third-order valence-corrected chi connectivity index (χ3v) is 7.85. The standard InChI is InChI=1S/C30H38N/c1-6-9-10-13-24-16-15-22(4)27(20-24)25-17-18-26-23(5)30(7-2,8-3)31-19-12-11-14-29(31)28(26)21-25/h11-12,14-21,23H,6-10,13H2,1-5H3/q+1. The molecule has 162 valence electrons. The molecule has 2 heterocycles. The molecule has 1 atom stereocenters. The zero-order chi connectivity index (χ0) is 22.0. The minimum absolute atomic E-state index is 0.153. The zero-order valence-corrected chi connectivity index (χ0v) is 20.0. The summed E-state index contributed by atoms with van der Waals surface area (Å²) in [5.41, 5.74) is 9.96. The summed E-state index contributed by atoms with van der Waals surface area (Å²) in [4.78, 5) is 0. The fraction of sp³-hybridized carbons (Fsp3) is 0.433. The van der Waals surface area contributed by atoms with Crippen molar-refractivity contribution in [3.05, 3.63) is 77.5 Å². The summed E-state index contributed by atoms with van der Waals surface area (Å²) in [6.45, 7) is 11.6. The maximum absolute atomic E-state index is 2.57. The average molecular weight is 413 g/mol. The molecule has 0 N–H and O–H groups in total. The molecular formula is C30H38N+. The Bertz CT molecular complexity index is 1060. The summed E-state index contributed by atoms with van der Waals surface area (Å²) in [7, 11) is 0. The molecule has 1 aliphatic heterocycles. The molecule has 0 bridgehead atoms. The number of hydrogen-bond donors (Lipinski definition) is 0. The molecule has 0 fully saturated rings. The second kappa shape index (κ2) is 8.99. The molecule has 3 aromatic rings. The fourth-order valence-corrected chi connectivity index (χ4v) is 5.79. The minimum Gasteiger partial charge on any atom is -0.192 e. The highest BCUT2D eigenvalue weighted by molar-refractivity contribution is 5.76. The van der Waals surface area contributed by atoms with Gasteiger partial charge in [0.25, 0.3) is 0 Å². The van der Waals surface area contributed by atoms with E-state index in [0.29, 0.717) is 5.92 Å². The molecule has 0 amide bonds. The van der Waals surface area contributed by atoms with E-state index < -0.39 is 0 Å². The van der Waals surface area contributed by atoms with E-state index in [4.69, 9.17) is 0 Å². The van der Waals surface area contributed by atoms with Crippen molar-refractivity contribution in [2.24, 2.45) is 0 Å². The Hall–Kier alpha value is -2.41. The Balaban J connectivity index is 1.82. The Kier molecular flexibility index (Phi) is 6.32. The van der Waals surface area contributed by atoms with Crippen molar-refractivity contribution >= 4 is 0 Å². The topological polar surface area (TPSA) is 3.88 Å². The van der Waals surface area contributed by atoms with Gasteiger partial charge in [-0.2, -0.15) is 4.57 Å². The number of aryl methyl sites for hydroxylation is 2. The van der Waals surface area contributed by atoms with Crippen LogP contribution in [0.1, 0.15) is 82.4 Å². The van der Waals surface area contributed by atoms with Crippen molar-refractivity contribution in [2.75, 3.05) is 0 Å². The van der Waals surface area contributed by atoms with E-state index in [-0.39, 0.29) is 5.54 Å². The molecule has 1 aliphatic rings. The van der Waals surface area contributed by atoms with Gasteiger partial charge in [-0.25, -0.2) is 0 Å². The highest BCUT2D eigenvalue weighted by Gasteiger charge is 2.48. The van der Waals surface area contributed by atoms with Gasteiger partial charge in [0.2, 0.25) is 5.69 Å². The number of hydrogen-bond acceptors (Lipinski definition) is 0. The van der Waals surface area contributed by atoms with Crippen molar-refractivity contribution in [1.82, 2.24) is 0 Å². The van der Waals surface area contributed by atoms with Crippen LogP contribution in [0, 0.1) is 6.92 Å². The Labute approximate surface area is 189 Å². The molecule has 1 aromatic heterocycles. The maximum Gasteiger partial charge on any atom is 0.213 e. The van der Waals surface area contributed by atoms with Gasteiger partial charge in [0.15, 0.2) is 11.7 Å². The van der Waals surface area contributed by atoms with Crippen molar-refractivity contribution in [2.45, 2.75) is 84.6 Å². The molecule has 0 saturated carbocycles. The van der Waals surface area contributed by atoms with Gasteiger partial charge < -0.3 is 0 Å². The quantitative estimate of drug-likeness (QED) is 0.273. The lowest BCUT2D eigenvalue weighted by atomic mass is 9.71. The molecule has 0 spiro atoms. The van der Waals surface area contributed by atoms with Gasteiger partial charge in [-0.05, 0) is 59.7 Å². The molecule has 0 radical (unpaired) electrons. The van der Waals surface area contributed by atoms with Crippen molar-refractivity contribution in [3.8, 4) is 22.4 Å². The number of pyridine rings is 1. The molecular weight excluding hydrogens is 374 g/mol. The molecule has 1 nitrogen and oxygen atoms in total. The first-order valence-electron chi connectivity index (χ1n) is 12.3. The Morgan fingerprint density at radius 3 is 2.42 bits per heavy atom. The van der Waals surface area contributed by atoms with Crippen LogP contribution in [0.4, 0.5) is 0 Å². The predicted molar refractivity (Wildman–Crippen MR) is 132 cm³/mol. The number of benzene rings is 2. The summed E-state index contributed by atoms with van der Waals surface area (Å²) in [6.07, 6.45) is 9.63. The SMILES string of the molecule is CCCCCc1ccc(C)c(-c2ccc3c(c2)-c2cccc[n+]2C(CC)(CC)C3C)c1. The largest absolute Gasteiger partial charge is 0.213 e. The molecule has 1 heteroatoms. The number of rotatable bonds is 7. The van der Waals surface area contributed by atoms with Gasteiger partial charge in [-0.15, -0.1) is 0 Å². The van der Waals surface area contributed by atoms with Gasteiger partial charge in [-0.3, -0.25) is 0 Å². The molecule has 1 unspecified atom stereocenters. The number of nitrogens with zero attached hydrogens (tertiary/aromatic N) is 1. The van der Waals surface area contributed by atoms with Crippen LogP contribution in [-0.4, -0.2) is 0 Å². The predicted octanol–water partition coefficient (Wildman–Crippen LogP) is 7.98. The number of unbranched alkanes of at least 4 members (excludes halogenated alkanes) is 2. The summed E-state index contributed by atoms with van der Waals surface area (Å²) in [6, 6.07) is 21.0. The zero-order valence-electron chi connectivity index (χ0n) is 20.0. The van der Waals surface area contributed by atoms with Crippen LogP contribution in [0.2, 0.25) is 0 Å². The monoisotopic (exact) mass is 412 g/mol. The first-order valence-corrected chi connectivity index (χ1v) is 12.3. The molecule has 31 heavy (non-hydrogen) atoms. The smallest absolute Gasteiger partial charge is 0.192 e. The average Bonchev–Trinajstić information content (AvgIpc) is 2.81. The van der Waals surface area contributed by atoms with E-state index in [2.05, 4.69) is 100.0 Å². The summed E-state index contributed by atoms with van der Waals surface area (Å²) >= 11 is 0. The first kappa shape index (κ1) is 21.8. The lowest BCUT2D eigenvalue weighted by molar-refractivity contribution is -0.762. The summed E-state index contributed by atoms with van der Waals surface area (Å²) < 4.78 is 2.57. The Morgan fingerprint density at radius 2 is 1.68 bits per heavy atom. The van der Waals surface area contributed by atoms with Gasteiger partial charge in [0, 0.05) is 30.9 Å². The van der Waals surface area contributed by atoms with Crippen LogP contribution in [0.5, 0.6) is 0 Å². The maximum atomic E-state index is 2.57. The van der Waals surface area contributed by atoms with Crippen LogP contribution in [-0.2, 0) is 12.0 Å². The van der Waals surface area contributed by atoms with Crippen LogP contribution in [0.3, 0.4) is 0 Å². The molecule has 2 aromatic carbocycles. The van der Waals surface area contributed by atoms with Gasteiger partial charge in [0.05, 0.1) is 5.56 Å². The molecule has 4 rings (SSSR count). The highest BCUT2D eigenvalue weighted by atomic mass is 15.1. The van der Waals surface area contributed by atoms with Crippen LogP contribution >= 0.6 is 0 Å². The van der Waals surface area contributed by atoms with Crippen LogP contribution < -0.4 is 4.57 Å². The lowest BCUT2D eigenvalue weighted by Crippen LogP contribution is -2.61. The molecule has 0 saturated heterocycles.